The molecule has 5 nitrogen and oxygen atoms in total. The van der Waals surface area contributed by atoms with E-state index in [1.807, 2.05) is 12.1 Å². The molecule has 0 atom stereocenters. The van der Waals surface area contributed by atoms with Crippen molar-refractivity contribution in [2.75, 3.05) is 36.5 Å². The number of rotatable bonds is 4. The molecule has 0 radical (unpaired) electrons. The molecule has 0 aromatic carbocycles. The number of carbonyl (C=O) groups excluding carboxylic acids is 1. The monoisotopic (exact) mass is 289 g/mol. The molecule has 1 N–H and O–H groups in total. The summed E-state index contributed by atoms with van der Waals surface area (Å²) in [5.41, 5.74) is 0.787. The van der Waals surface area contributed by atoms with E-state index in [2.05, 4.69) is 15.2 Å². The summed E-state index contributed by atoms with van der Waals surface area (Å²) in [6.45, 7) is 3.25. The van der Waals surface area contributed by atoms with Gasteiger partial charge in [0, 0.05) is 19.5 Å². The molecule has 1 aromatic rings. The van der Waals surface area contributed by atoms with Crippen molar-refractivity contribution in [1.29, 1.82) is 0 Å². The van der Waals surface area contributed by atoms with Gasteiger partial charge in [0.1, 0.15) is 5.82 Å². The number of anilines is 2. The third-order valence-corrected chi connectivity index (χ3v) is 4.32. The maximum atomic E-state index is 12.0. The van der Waals surface area contributed by atoms with Crippen LogP contribution in [0, 0.1) is 5.92 Å². The Morgan fingerprint density at radius 1 is 1.29 bits per heavy atom. The Kier molecular flexibility index (Phi) is 4.70. The van der Waals surface area contributed by atoms with Crippen LogP contribution in [0.15, 0.2) is 18.3 Å². The number of ether oxygens (including phenoxy) is 1. The first kappa shape index (κ1) is 14.3. The van der Waals surface area contributed by atoms with Gasteiger partial charge in [-0.05, 0) is 30.9 Å². The van der Waals surface area contributed by atoms with E-state index in [9.17, 15) is 4.79 Å². The van der Waals surface area contributed by atoms with Crippen LogP contribution in [0.4, 0.5) is 11.5 Å². The smallest absolute Gasteiger partial charge is 0.224 e. The summed E-state index contributed by atoms with van der Waals surface area (Å²) in [6.07, 6.45) is 7.33. The van der Waals surface area contributed by atoms with Gasteiger partial charge in [-0.25, -0.2) is 4.98 Å². The zero-order valence-electron chi connectivity index (χ0n) is 12.4. The molecule has 2 aliphatic rings. The number of morpholine rings is 1. The highest BCUT2D eigenvalue weighted by atomic mass is 16.5. The van der Waals surface area contributed by atoms with Gasteiger partial charge in [-0.15, -0.1) is 0 Å². The molecule has 0 bridgehead atoms. The van der Waals surface area contributed by atoms with E-state index in [0.29, 0.717) is 12.3 Å². The molecule has 1 saturated heterocycles. The summed E-state index contributed by atoms with van der Waals surface area (Å²) in [5, 5.41) is 2.95. The highest BCUT2D eigenvalue weighted by molar-refractivity contribution is 5.90. The molecule has 2 fully saturated rings. The highest BCUT2D eigenvalue weighted by Crippen LogP contribution is 2.27. The van der Waals surface area contributed by atoms with Crippen molar-refractivity contribution in [3.8, 4) is 0 Å². The predicted octanol–water partition coefficient (Wildman–Crippen LogP) is 2.44. The minimum atomic E-state index is 0.114. The van der Waals surface area contributed by atoms with Gasteiger partial charge in [-0.3, -0.25) is 4.79 Å². The Labute approximate surface area is 125 Å². The lowest BCUT2D eigenvalue weighted by molar-refractivity contribution is -0.117. The molecule has 0 spiro atoms. The lowest BCUT2D eigenvalue weighted by Crippen LogP contribution is -2.36. The molecule has 1 amide bonds. The SMILES string of the molecule is O=C(CC1CCCC1)Nc1ccc(N2CCOCC2)nc1. The van der Waals surface area contributed by atoms with E-state index in [1.54, 1.807) is 6.20 Å². The van der Waals surface area contributed by atoms with Crippen molar-refractivity contribution in [2.45, 2.75) is 32.1 Å². The fourth-order valence-corrected chi connectivity index (χ4v) is 3.13. The first-order valence-corrected chi connectivity index (χ1v) is 7.90. The molecule has 21 heavy (non-hydrogen) atoms. The average molecular weight is 289 g/mol. The highest BCUT2D eigenvalue weighted by Gasteiger charge is 2.18. The van der Waals surface area contributed by atoms with Gasteiger partial charge in [0.25, 0.3) is 0 Å². The molecule has 1 aliphatic heterocycles. The van der Waals surface area contributed by atoms with Crippen molar-refractivity contribution in [3.05, 3.63) is 18.3 Å². The van der Waals surface area contributed by atoms with Crippen molar-refractivity contribution >= 4 is 17.4 Å². The Morgan fingerprint density at radius 3 is 2.71 bits per heavy atom. The van der Waals surface area contributed by atoms with Crippen LogP contribution in [-0.2, 0) is 9.53 Å². The van der Waals surface area contributed by atoms with Crippen LogP contribution in [-0.4, -0.2) is 37.2 Å². The molecule has 0 unspecified atom stereocenters. The molecule has 1 saturated carbocycles. The number of aromatic nitrogens is 1. The summed E-state index contributed by atoms with van der Waals surface area (Å²) >= 11 is 0. The third kappa shape index (κ3) is 3.94. The van der Waals surface area contributed by atoms with Crippen LogP contribution >= 0.6 is 0 Å². The topological polar surface area (TPSA) is 54.5 Å². The lowest BCUT2D eigenvalue weighted by Gasteiger charge is -2.27. The largest absolute Gasteiger partial charge is 0.378 e. The number of nitrogens with one attached hydrogen (secondary N) is 1. The van der Waals surface area contributed by atoms with Crippen LogP contribution < -0.4 is 10.2 Å². The van der Waals surface area contributed by atoms with Crippen molar-refractivity contribution in [3.63, 3.8) is 0 Å². The van der Waals surface area contributed by atoms with Crippen molar-refractivity contribution < 1.29 is 9.53 Å². The van der Waals surface area contributed by atoms with Gasteiger partial charge < -0.3 is 15.0 Å². The van der Waals surface area contributed by atoms with Crippen molar-refractivity contribution in [2.24, 2.45) is 5.92 Å². The maximum Gasteiger partial charge on any atom is 0.224 e. The van der Waals surface area contributed by atoms with Gasteiger partial charge in [-0.1, -0.05) is 12.8 Å². The quantitative estimate of drug-likeness (QED) is 0.925. The van der Waals surface area contributed by atoms with Gasteiger partial charge in [0.2, 0.25) is 5.91 Å². The molecular formula is C16H23N3O2. The molecule has 1 aromatic heterocycles. The number of pyridine rings is 1. The summed E-state index contributed by atoms with van der Waals surface area (Å²) < 4.78 is 5.33. The summed E-state index contributed by atoms with van der Waals surface area (Å²) in [7, 11) is 0. The number of hydrogen-bond acceptors (Lipinski definition) is 4. The standard InChI is InChI=1S/C16H23N3O2/c20-16(11-13-3-1-2-4-13)18-14-5-6-15(17-12-14)19-7-9-21-10-8-19/h5-6,12-13H,1-4,7-11H2,(H,18,20). The Balaban J connectivity index is 1.52. The zero-order valence-corrected chi connectivity index (χ0v) is 12.4. The fraction of sp³-hybridized carbons (Fsp3) is 0.625. The summed E-state index contributed by atoms with van der Waals surface area (Å²) in [4.78, 5) is 18.6. The Hall–Kier alpha value is -1.62. The van der Waals surface area contributed by atoms with Crippen LogP contribution in [0.25, 0.3) is 0 Å². The number of nitrogens with zero attached hydrogens (tertiary/aromatic N) is 2. The Morgan fingerprint density at radius 2 is 2.05 bits per heavy atom. The van der Waals surface area contributed by atoms with E-state index < -0.39 is 0 Å². The second-order valence-electron chi connectivity index (χ2n) is 5.91. The average Bonchev–Trinajstić information content (AvgIpc) is 3.02. The van der Waals surface area contributed by atoms with E-state index in [1.165, 1.54) is 25.7 Å². The number of amides is 1. The van der Waals surface area contributed by atoms with Crippen LogP contribution in [0.5, 0.6) is 0 Å². The molecule has 3 rings (SSSR count). The van der Waals surface area contributed by atoms with Gasteiger partial charge in [0.05, 0.1) is 25.1 Å². The lowest BCUT2D eigenvalue weighted by atomic mass is 10.0. The van der Waals surface area contributed by atoms with Crippen LogP contribution in [0.3, 0.4) is 0 Å². The minimum absolute atomic E-state index is 0.114. The first-order valence-electron chi connectivity index (χ1n) is 7.90. The molecule has 5 heteroatoms. The van der Waals surface area contributed by atoms with E-state index in [0.717, 1.165) is 37.8 Å². The van der Waals surface area contributed by atoms with Crippen LogP contribution in [0.2, 0.25) is 0 Å². The second kappa shape index (κ2) is 6.89. The van der Waals surface area contributed by atoms with Gasteiger partial charge in [-0.2, -0.15) is 0 Å². The maximum absolute atomic E-state index is 12.0. The van der Waals surface area contributed by atoms with Crippen molar-refractivity contribution in [1.82, 2.24) is 4.98 Å². The van der Waals surface area contributed by atoms with E-state index >= 15 is 0 Å². The zero-order chi connectivity index (χ0) is 14.5. The summed E-state index contributed by atoms with van der Waals surface area (Å²) in [6, 6.07) is 3.90. The molecule has 114 valence electrons. The summed E-state index contributed by atoms with van der Waals surface area (Å²) in [5.74, 6) is 1.64. The number of hydrogen-bond donors (Lipinski definition) is 1. The first-order chi connectivity index (χ1) is 10.3. The van der Waals surface area contributed by atoms with Gasteiger partial charge >= 0.3 is 0 Å². The predicted molar refractivity (Wildman–Crippen MR) is 82.5 cm³/mol. The van der Waals surface area contributed by atoms with E-state index in [-0.39, 0.29) is 5.91 Å². The molecular weight excluding hydrogens is 266 g/mol. The third-order valence-electron chi connectivity index (χ3n) is 4.32. The normalized spacial score (nSPS) is 19.7. The van der Waals surface area contributed by atoms with Gasteiger partial charge in [0.15, 0.2) is 0 Å². The molecule has 1 aliphatic carbocycles. The molecule has 2 heterocycles. The van der Waals surface area contributed by atoms with E-state index in [4.69, 9.17) is 4.74 Å². The number of carbonyl (C=O) groups is 1. The second-order valence-corrected chi connectivity index (χ2v) is 5.91. The minimum Gasteiger partial charge on any atom is -0.378 e. The van der Waals surface area contributed by atoms with Crippen LogP contribution in [0.1, 0.15) is 32.1 Å². The Bertz CT molecular complexity index is 463. The fourth-order valence-electron chi connectivity index (χ4n) is 3.13.